The average molecular weight is 245 g/mol. The van der Waals surface area contributed by atoms with Gasteiger partial charge >= 0.3 is 0 Å². The number of carbonyl (C=O) groups excluding carboxylic acids is 1. The second kappa shape index (κ2) is 6.24. The molecular formula is C15H19NO2. The summed E-state index contributed by atoms with van der Waals surface area (Å²) in [5.41, 5.74) is 1.57. The molecule has 3 heteroatoms. The Morgan fingerprint density at radius 2 is 2.11 bits per heavy atom. The first kappa shape index (κ1) is 12.7. The van der Waals surface area contributed by atoms with Crippen LogP contribution in [0, 0.1) is 0 Å². The van der Waals surface area contributed by atoms with Crippen molar-refractivity contribution in [3.8, 4) is 5.75 Å². The largest absolute Gasteiger partial charge is 0.494 e. The molecule has 2 aromatic rings. The molecule has 1 heterocycles. The van der Waals surface area contributed by atoms with E-state index in [0.29, 0.717) is 5.69 Å². The molecule has 2 rings (SSSR count). The molecule has 0 fully saturated rings. The lowest BCUT2D eigenvalue weighted by atomic mass is 10.2. The molecule has 0 atom stereocenters. The van der Waals surface area contributed by atoms with Crippen molar-refractivity contribution >= 4 is 17.2 Å². The number of ether oxygens (including phenoxy) is 1. The average Bonchev–Trinajstić information content (AvgIpc) is 2.80. The van der Waals surface area contributed by atoms with Gasteiger partial charge in [-0.3, -0.25) is 4.79 Å². The quantitative estimate of drug-likeness (QED) is 0.593. The molecule has 18 heavy (non-hydrogen) atoms. The molecule has 0 unspecified atom stereocenters. The molecule has 0 spiro atoms. The van der Waals surface area contributed by atoms with E-state index in [0.717, 1.165) is 36.0 Å². The van der Waals surface area contributed by atoms with Crippen molar-refractivity contribution < 1.29 is 9.53 Å². The first-order valence-corrected chi connectivity index (χ1v) is 6.54. The molecule has 0 radical (unpaired) electrons. The third-order valence-electron chi connectivity index (χ3n) is 3.01. The minimum absolute atomic E-state index is 0.602. The lowest BCUT2D eigenvalue weighted by Crippen LogP contribution is -1.96. The summed E-state index contributed by atoms with van der Waals surface area (Å²) in [6.07, 6.45) is 5.65. The van der Waals surface area contributed by atoms with E-state index in [1.54, 1.807) is 0 Å². The first-order valence-electron chi connectivity index (χ1n) is 6.54. The fraction of sp³-hybridized carbons (Fsp3) is 0.400. The summed E-state index contributed by atoms with van der Waals surface area (Å²) < 4.78 is 5.70. The number of rotatable bonds is 7. The van der Waals surface area contributed by atoms with Gasteiger partial charge in [-0.2, -0.15) is 0 Å². The molecule has 1 N–H and O–H groups in total. The van der Waals surface area contributed by atoms with Crippen molar-refractivity contribution in [3.05, 3.63) is 30.0 Å². The zero-order chi connectivity index (χ0) is 12.8. The smallest absolute Gasteiger partial charge is 0.166 e. The first-order chi connectivity index (χ1) is 8.83. The molecule has 0 saturated heterocycles. The van der Waals surface area contributed by atoms with Gasteiger partial charge in [0.15, 0.2) is 6.29 Å². The number of benzene rings is 1. The minimum Gasteiger partial charge on any atom is -0.494 e. The molecule has 0 aliphatic heterocycles. The van der Waals surface area contributed by atoms with Crippen LogP contribution in [0.3, 0.4) is 0 Å². The van der Waals surface area contributed by atoms with Gasteiger partial charge in [0.2, 0.25) is 0 Å². The lowest BCUT2D eigenvalue weighted by molar-refractivity contribution is 0.112. The third-order valence-corrected chi connectivity index (χ3v) is 3.01. The van der Waals surface area contributed by atoms with Crippen LogP contribution in [0.5, 0.6) is 5.75 Å². The molecule has 1 aromatic carbocycles. The van der Waals surface area contributed by atoms with E-state index in [9.17, 15) is 4.79 Å². The summed E-state index contributed by atoms with van der Waals surface area (Å²) >= 11 is 0. The summed E-state index contributed by atoms with van der Waals surface area (Å²) in [7, 11) is 0. The number of aromatic nitrogens is 1. The van der Waals surface area contributed by atoms with E-state index in [2.05, 4.69) is 11.9 Å². The van der Waals surface area contributed by atoms with Gasteiger partial charge < -0.3 is 9.72 Å². The van der Waals surface area contributed by atoms with E-state index < -0.39 is 0 Å². The number of aldehydes is 1. The summed E-state index contributed by atoms with van der Waals surface area (Å²) in [4.78, 5) is 13.7. The SMILES string of the molecule is CCCCCCOc1ccc2[nH]c(C=O)cc2c1. The number of aromatic amines is 1. The molecule has 3 nitrogen and oxygen atoms in total. The van der Waals surface area contributed by atoms with E-state index in [1.807, 2.05) is 24.3 Å². The Morgan fingerprint density at radius 1 is 1.22 bits per heavy atom. The van der Waals surface area contributed by atoms with Crippen LogP contribution in [0.4, 0.5) is 0 Å². The van der Waals surface area contributed by atoms with Crippen LogP contribution in [0.15, 0.2) is 24.3 Å². The number of hydrogen-bond acceptors (Lipinski definition) is 2. The van der Waals surface area contributed by atoms with Gasteiger partial charge in [0.25, 0.3) is 0 Å². The van der Waals surface area contributed by atoms with Crippen molar-refractivity contribution in [2.75, 3.05) is 6.61 Å². The van der Waals surface area contributed by atoms with Crippen LogP contribution < -0.4 is 4.74 Å². The van der Waals surface area contributed by atoms with Gasteiger partial charge in [-0.15, -0.1) is 0 Å². The van der Waals surface area contributed by atoms with Crippen LogP contribution >= 0.6 is 0 Å². The molecular weight excluding hydrogens is 226 g/mol. The Balaban J connectivity index is 1.94. The molecule has 0 amide bonds. The number of nitrogens with one attached hydrogen (secondary N) is 1. The van der Waals surface area contributed by atoms with Crippen LogP contribution in [0.2, 0.25) is 0 Å². The maximum Gasteiger partial charge on any atom is 0.166 e. The summed E-state index contributed by atoms with van der Waals surface area (Å²) in [5, 5.41) is 1.02. The number of hydrogen-bond donors (Lipinski definition) is 1. The summed E-state index contributed by atoms with van der Waals surface area (Å²) in [5.74, 6) is 0.871. The normalized spacial score (nSPS) is 10.7. The molecule has 0 aliphatic carbocycles. The van der Waals surface area contributed by atoms with Gasteiger partial charge in [0, 0.05) is 10.9 Å². The number of H-pyrrole nitrogens is 1. The Morgan fingerprint density at radius 3 is 2.89 bits per heavy atom. The van der Waals surface area contributed by atoms with Gasteiger partial charge in [0.1, 0.15) is 5.75 Å². The topological polar surface area (TPSA) is 42.1 Å². The predicted octanol–water partition coefficient (Wildman–Crippen LogP) is 3.94. The fourth-order valence-electron chi connectivity index (χ4n) is 2.01. The van der Waals surface area contributed by atoms with Gasteiger partial charge in [-0.1, -0.05) is 26.2 Å². The molecule has 0 bridgehead atoms. The van der Waals surface area contributed by atoms with Crippen molar-refractivity contribution in [3.63, 3.8) is 0 Å². The van der Waals surface area contributed by atoms with E-state index in [4.69, 9.17) is 4.74 Å². The summed E-state index contributed by atoms with van der Waals surface area (Å²) in [6.45, 7) is 2.96. The number of unbranched alkanes of at least 4 members (excludes halogenated alkanes) is 3. The summed E-state index contributed by atoms with van der Waals surface area (Å²) in [6, 6.07) is 7.70. The number of carbonyl (C=O) groups is 1. The minimum atomic E-state index is 0.602. The van der Waals surface area contributed by atoms with E-state index >= 15 is 0 Å². The van der Waals surface area contributed by atoms with Crippen LogP contribution in [0.25, 0.3) is 10.9 Å². The maximum atomic E-state index is 10.7. The van der Waals surface area contributed by atoms with Crippen molar-refractivity contribution in [2.24, 2.45) is 0 Å². The third kappa shape index (κ3) is 3.13. The van der Waals surface area contributed by atoms with Crippen molar-refractivity contribution in [1.29, 1.82) is 0 Å². The molecule has 0 aliphatic rings. The van der Waals surface area contributed by atoms with E-state index in [-0.39, 0.29) is 0 Å². The Kier molecular flexibility index (Phi) is 4.40. The highest BCUT2D eigenvalue weighted by atomic mass is 16.5. The monoisotopic (exact) mass is 245 g/mol. The zero-order valence-corrected chi connectivity index (χ0v) is 10.7. The molecule has 0 saturated carbocycles. The Labute approximate surface area is 107 Å². The number of fused-ring (bicyclic) bond motifs is 1. The second-order valence-electron chi connectivity index (χ2n) is 4.50. The Hall–Kier alpha value is -1.77. The Bertz CT molecular complexity index is 516. The highest BCUT2D eigenvalue weighted by Gasteiger charge is 2.01. The highest BCUT2D eigenvalue weighted by molar-refractivity contribution is 5.88. The molecule has 96 valence electrons. The van der Waals surface area contributed by atoms with Crippen molar-refractivity contribution in [2.45, 2.75) is 32.6 Å². The van der Waals surface area contributed by atoms with Gasteiger partial charge in [0.05, 0.1) is 12.3 Å². The van der Waals surface area contributed by atoms with E-state index in [1.165, 1.54) is 19.3 Å². The van der Waals surface area contributed by atoms with Crippen LogP contribution in [-0.4, -0.2) is 17.9 Å². The van der Waals surface area contributed by atoms with Gasteiger partial charge in [-0.25, -0.2) is 0 Å². The fourth-order valence-corrected chi connectivity index (χ4v) is 2.01. The predicted molar refractivity (Wildman–Crippen MR) is 73.3 cm³/mol. The van der Waals surface area contributed by atoms with Crippen LogP contribution in [-0.2, 0) is 0 Å². The highest BCUT2D eigenvalue weighted by Crippen LogP contribution is 2.21. The zero-order valence-electron chi connectivity index (χ0n) is 10.7. The van der Waals surface area contributed by atoms with Gasteiger partial charge in [-0.05, 0) is 30.7 Å². The lowest BCUT2D eigenvalue weighted by Gasteiger charge is -2.05. The maximum absolute atomic E-state index is 10.7. The second-order valence-corrected chi connectivity index (χ2v) is 4.50. The van der Waals surface area contributed by atoms with Crippen LogP contribution in [0.1, 0.15) is 43.1 Å². The molecule has 1 aromatic heterocycles. The standard InChI is InChI=1S/C15H19NO2/c1-2-3-4-5-8-18-14-6-7-15-12(10-14)9-13(11-17)16-15/h6-7,9-11,16H,2-5,8H2,1H3. The van der Waals surface area contributed by atoms with Crippen molar-refractivity contribution in [1.82, 2.24) is 4.98 Å².